The van der Waals surface area contributed by atoms with Gasteiger partial charge in [-0.3, -0.25) is 4.79 Å². The normalized spacial score (nSPS) is 10.8. The lowest BCUT2D eigenvalue weighted by Gasteiger charge is -2.14. The van der Waals surface area contributed by atoms with Crippen molar-refractivity contribution in [1.82, 2.24) is 14.9 Å². The lowest BCUT2D eigenvalue weighted by atomic mass is 10.1. The first-order chi connectivity index (χ1) is 16.6. The van der Waals surface area contributed by atoms with E-state index in [2.05, 4.69) is 16.5 Å². The first-order valence-corrected chi connectivity index (χ1v) is 11.4. The minimum atomic E-state index is -0.246. The van der Waals surface area contributed by atoms with Crippen molar-refractivity contribution in [1.29, 1.82) is 0 Å². The smallest absolute Gasteiger partial charge is 0.253 e. The van der Waals surface area contributed by atoms with E-state index in [0.29, 0.717) is 35.2 Å². The number of carbonyl (C=O) groups is 1. The molecule has 0 spiro atoms. The number of benzene rings is 3. The Labute approximate surface area is 203 Å². The van der Waals surface area contributed by atoms with Gasteiger partial charge in [-0.05, 0) is 48.4 Å². The van der Waals surface area contributed by atoms with Gasteiger partial charge in [-0.2, -0.15) is 0 Å². The van der Waals surface area contributed by atoms with Crippen molar-refractivity contribution in [2.45, 2.75) is 19.5 Å². The van der Waals surface area contributed by atoms with Gasteiger partial charge in [0.1, 0.15) is 12.4 Å². The van der Waals surface area contributed by atoms with Gasteiger partial charge in [0.25, 0.3) is 5.91 Å². The van der Waals surface area contributed by atoms with E-state index in [9.17, 15) is 4.79 Å². The van der Waals surface area contributed by atoms with Crippen molar-refractivity contribution in [2.24, 2.45) is 0 Å². The Bertz CT molecular complexity index is 1320. The maximum atomic E-state index is 12.6. The van der Waals surface area contributed by atoms with Crippen molar-refractivity contribution >= 4 is 28.5 Å². The molecule has 1 N–H and O–H groups in total. The standard InChI is InChI=1S/C27H26ClN3O3/c1-3-8-19-13-14-24(25(17-19)33-2)34-16-15-31-23-12-7-6-11-22(23)30-26(31)18-29-27(32)20-9-4-5-10-21(20)28/h3-7,9-14,17H,1,8,15-16,18H2,2H3,(H,29,32). The number of methoxy groups -OCH3 is 1. The summed E-state index contributed by atoms with van der Waals surface area (Å²) in [6.07, 6.45) is 2.62. The highest BCUT2D eigenvalue weighted by Crippen LogP contribution is 2.28. The second kappa shape index (κ2) is 10.9. The molecule has 0 saturated heterocycles. The Morgan fingerprint density at radius 3 is 2.71 bits per heavy atom. The van der Waals surface area contributed by atoms with Crippen molar-refractivity contribution < 1.29 is 14.3 Å². The number of hydrogen-bond acceptors (Lipinski definition) is 4. The molecular weight excluding hydrogens is 450 g/mol. The number of fused-ring (bicyclic) bond motifs is 1. The highest BCUT2D eigenvalue weighted by atomic mass is 35.5. The van der Waals surface area contributed by atoms with Gasteiger partial charge in [0.2, 0.25) is 0 Å². The predicted molar refractivity (Wildman–Crippen MR) is 135 cm³/mol. The summed E-state index contributed by atoms with van der Waals surface area (Å²) in [5.41, 5.74) is 3.37. The lowest BCUT2D eigenvalue weighted by Crippen LogP contribution is -2.25. The summed E-state index contributed by atoms with van der Waals surface area (Å²) in [5, 5.41) is 3.34. The second-order valence-corrected chi connectivity index (χ2v) is 8.06. The molecule has 0 fully saturated rings. The molecule has 0 atom stereocenters. The van der Waals surface area contributed by atoms with Crippen LogP contribution in [0.4, 0.5) is 0 Å². The number of aromatic nitrogens is 2. The molecule has 0 radical (unpaired) electrons. The van der Waals surface area contributed by atoms with Gasteiger partial charge in [0, 0.05) is 0 Å². The topological polar surface area (TPSA) is 65.4 Å². The molecule has 0 aliphatic carbocycles. The Morgan fingerprint density at radius 2 is 1.91 bits per heavy atom. The Morgan fingerprint density at radius 1 is 1.12 bits per heavy atom. The molecule has 174 valence electrons. The summed E-state index contributed by atoms with van der Waals surface area (Å²) < 4.78 is 13.6. The minimum Gasteiger partial charge on any atom is -0.493 e. The van der Waals surface area contributed by atoms with E-state index in [0.717, 1.165) is 28.8 Å². The van der Waals surface area contributed by atoms with E-state index < -0.39 is 0 Å². The van der Waals surface area contributed by atoms with Crippen LogP contribution in [-0.4, -0.2) is 29.2 Å². The molecule has 7 heteroatoms. The van der Waals surface area contributed by atoms with Crippen molar-refractivity contribution in [3.63, 3.8) is 0 Å². The molecule has 1 aromatic heterocycles. The molecule has 4 rings (SSSR count). The second-order valence-electron chi connectivity index (χ2n) is 7.66. The van der Waals surface area contributed by atoms with Crippen LogP contribution < -0.4 is 14.8 Å². The van der Waals surface area contributed by atoms with E-state index >= 15 is 0 Å². The van der Waals surface area contributed by atoms with Gasteiger partial charge < -0.3 is 19.4 Å². The number of halogens is 1. The number of nitrogens with zero attached hydrogens (tertiary/aromatic N) is 2. The quantitative estimate of drug-likeness (QED) is 0.310. The van der Waals surface area contributed by atoms with Gasteiger partial charge in [-0.25, -0.2) is 4.98 Å². The maximum Gasteiger partial charge on any atom is 0.253 e. The molecule has 0 saturated carbocycles. The first-order valence-electron chi connectivity index (χ1n) is 11.0. The van der Waals surface area contributed by atoms with E-state index in [-0.39, 0.29) is 12.5 Å². The van der Waals surface area contributed by atoms with Crippen LogP contribution in [0.3, 0.4) is 0 Å². The summed E-state index contributed by atoms with van der Waals surface area (Å²) in [7, 11) is 1.63. The third-order valence-corrected chi connectivity index (χ3v) is 5.77. The molecular formula is C27H26ClN3O3. The van der Waals surface area contributed by atoms with E-state index in [4.69, 9.17) is 26.1 Å². The van der Waals surface area contributed by atoms with Gasteiger partial charge in [-0.15, -0.1) is 6.58 Å². The third-order valence-electron chi connectivity index (χ3n) is 5.44. The SMILES string of the molecule is C=CCc1ccc(OCCn2c(CNC(=O)c3ccccc3Cl)nc3ccccc32)c(OC)c1. The Kier molecular flexibility index (Phi) is 7.50. The summed E-state index contributed by atoms with van der Waals surface area (Å²) in [6.45, 7) is 5.00. The molecule has 4 aromatic rings. The van der Waals surface area contributed by atoms with Crippen LogP contribution >= 0.6 is 11.6 Å². The van der Waals surface area contributed by atoms with Gasteiger partial charge in [0.15, 0.2) is 11.5 Å². The molecule has 1 amide bonds. The number of imidazole rings is 1. The molecule has 6 nitrogen and oxygen atoms in total. The fourth-order valence-electron chi connectivity index (χ4n) is 3.78. The largest absolute Gasteiger partial charge is 0.493 e. The van der Waals surface area contributed by atoms with Crippen molar-refractivity contribution in [3.05, 3.63) is 101 Å². The average molecular weight is 476 g/mol. The number of carbonyl (C=O) groups excluding carboxylic acids is 1. The monoisotopic (exact) mass is 475 g/mol. The van der Waals surface area contributed by atoms with Gasteiger partial charge in [0.05, 0.1) is 41.8 Å². The van der Waals surface area contributed by atoms with Gasteiger partial charge >= 0.3 is 0 Å². The van der Waals surface area contributed by atoms with Crippen molar-refractivity contribution in [3.8, 4) is 11.5 Å². The number of nitrogens with one attached hydrogen (secondary N) is 1. The molecule has 0 bridgehead atoms. The predicted octanol–water partition coefficient (Wildman–Crippen LogP) is 5.44. The minimum absolute atomic E-state index is 0.246. The zero-order valence-corrected chi connectivity index (χ0v) is 19.7. The van der Waals surface area contributed by atoms with Crippen LogP contribution in [0.1, 0.15) is 21.7 Å². The fraction of sp³-hybridized carbons (Fsp3) is 0.185. The van der Waals surface area contributed by atoms with Crippen LogP contribution in [0.25, 0.3) is 11.0 Å². The molecule has 3 aromatic carbocycles. The third kappa shape index (κ3) is 5.24. The number of rotatable bonds is 10. The molecule has 0 aliphatic heterocycles. The number of ether oxygens (including phenoxy) is 2. The number of amides is 1. The molecule has 0 aliphatic rings. The summed E-state index contributed by atoms with van der Waals surface area (Å²) in [4.78, 5) is 17.3. The highest BCUT2D eigenvalue weighted by Gasteiger charge is 2.14. The van der Waals surface area contributed by atoms with Crippen LogP contribution in [0.15, 0.2) is 79.4 Å². The van der Waals surface area contributed by atoms with Crippen LogP contribution in [0, 0.1) is 0 Å². The van der Waals surface area contributed by atoms with Gasteiger partial charge in [-0.1, -0.05) is 48.0 Å². The average Bonchev–Trinajstić information content (AvgIpc) is 3.21. The van der Waals surface area contributed by atoms with E-state index in [1.54, 1.807) is 31.4 Å². The van der Waals surface area contributed by atoms with E-state index in [1.807, 2.05) is 48.5 Å². The maximum absolute atomic E-state index is 12.6. The highest BCUT2D eigenvalue weighted by molar-refractivity contribution is 6.33. The summed E-state index contributed by atoms with van der Waals surface area (Å²) in [5.74, 6) is 1.85. The Hall–Kier alpha value is -3.77. The summed E-state index contributed by atoms with van der Waals surface area (Å²) >= 11 is 6.16. The van der Waals surface area contributed by atoms with Crippen LogP contribution in [-0.2, 0) is 19.5 Å². The van der Waals surface area contributed by atoms with E-state index in [1.165, 1.54) is 0 Å². The zero-order chi connectivity index (χ0) is 23.9. The first kappa shape index (κ1) is 23.4. The molecule has 34 heavy (non-hydrogen) atoms. The zero-order valence-electron chi connectivity index (χ0n) is 19.0. The number of hydrogen-bond donors (Lipinski definition) is 1. The molecule has 0 unspecified atom stereocenters. The number of allylic oxidation sites excluding steroid dienone is 1. The molecule has 1 heterocycles. The van der Waals surface area contributed by atoms with Crippen molar-refractivity contribution in [2.75, 3.05) is 13.7 Å². The fourth-order valence-corrected chi connectivity index (χ4v) is 4.00. The van der Waals surface area contributed by atoms with Crippen LogP contribution in [0.5, 0.6) is 11.5 Å². The Balaban J connectivity index is 1.49. The summed E-state index contributed by atoms with van der Waals surface area (Å²) in [6, 6.07) is 20.7. The number of para-hydroxylation sites is 2. The lowest BCUT2D eigenvalue weighted by molar-refractivity contribution is 0.0949. The van der Waals surface area contributed by atoms with Crippen LogP contribution in [0.2, 0.25) is 5.02 Å².